The fourth-order valence-corrected chi connectivity index (χ4v) is 0.836. The second-order valence-electron chi connectivity index (χ2n) is 1.86. The lowest BCUT2D eigenvalue weighted by molar-refractivity contribution is 1.37. The molecule has 0 bridgehead atoms. The second kappa shape index (κ2) is 1.69. The molecule has 41 valence electrons. The molecular weight excluding hydrogens is 111 g/mol. The molecule has 0 aromatic heterocycles. The van der Waals surface area contributed by atoms with Crippen molar-refractivity contribution in [3.05, 3.63) is 35.0 Å². The maximum atomic E-state index is 4.01. The first kappa shape index (κ1) is 4.73. The molecule has 0 fully saturated rings. The molecule has 0 atom stereocenters. The van der Waals surface area contributed by atoms with Gasteiger partial charge in [0.05, 0.1) is 10.7 Å². The van der Waals surface area contributed by atoms with Crippen molar-refractivity contribution in [2.24, 2.45) is 9.81 Å². The molecule has 2 nitrogen and oxygen atoms in total. The van der Waals surface area contributed by atoms with Gasteiger partial charge in [0.25, 0.3) is 0 Å². The average molecular weight is 115 g/mol. The molecule has 0 spiro atoms. The van der Waals surface area contributed by atoms with E-state index in [4.69, 9.17) is 0 Å². The molecule has 9 heavy (non-hydrogen) atoms. The summed E-state index contributed by atoms with van der Waals surface area (Å²) in [6.07, 6.45) is 0. The van der Waals surface area contributed by atoms with Crippen molar-refractivity contribution in [1.29, 1.82) is 0 Å². The van der Waals surface area contributed by atoms with Gasteiger partial charge in [0.15, 0.2) is 0 Å². The first-order chi connectivity index (χ1) is 4.47. The predicted molar refractivity (Wildman–Crippen MR) is 34.5 cm³/mol. The molecule has 1 aliphatic heterocycles. The van der Waals surface area contributed by atoms with Gasteiger partial charge in [-0.15, -0.1) is 0 Å². The lowest BCUT2D eigenvalue weighted by Gasteiger charge is -1.77. The topological polar surface area (TPSA) is 24.7 Å². The monoisotopic (exact) mass is 115 g/mol. The van der Waals surface area contributed by atoms with Gasteiger partial charge in [-0.3, -0.25) is 0 Å². The Morgan fingerprint density at radius 3 is 2.11 bits per heavy atom. The number of hydrogen-bond donors (Lipinski definition) is 0. The zero-order chi connectivity index (χ0) is 6.10. The quantitative estimate of drug-likeness (QED) is 0.406. The van der Waals surface area contributed by atoms with Crippen LogP contribution in [0.25, 0.3) is 0 Å². The molecule has 3 heteroatoms. The van der Waals surface area contributed by atoms with Gasteiger partial charge in [-0.2, -0.15) is 0 Å². The maximum Gasteiger partial charge on any atom is 0.432 e. The molecule has 0 aliphatic carbocycles. The van der Waals surface area contributed by atoms with E-state index < -0.39 is 0 Å². The summed E-state index contributed by atoms with van der Waals surface area (Å²) in [5, 5.41) is 1.94. The van der Waals surface area contributed by atoms with Crippen molar-refractivity contribution in [2.45, 2.75) is 0 Å². The Balaban J connectivity index is 2.97. The van der Waals surface area contributed by atoms with Crippen molar-refractivity contribution in [1.82, 2.24) is 0 Å². The lowest BCUT2D eigenvalue weighted by atomic mass is 10.2. The molecule has 0 N–H and O–H groups in total. The zero-order valence-corrected chi connectivity index (χ0v) is 4.78. The van der Waals surface area contributed by atoms with Crippen LogP contribution in [0.2, 0.25) is 0 Å². The van der Waals surface area contributed by atoms with Crippen molar-refractivity contribution >= 4 is 7.55 Å². The smallest absolute Gasteiger partial charge is 0.315 e. The summed E-state index contributed by atoms with van der Waals surface area (Å²) in [5.74, 6) is 0. The SMILES string of the molecule is [B]1N=c2ccccc2=N1. The van der Waals surface area contributed by atoms with E-state index in [0.29, 0.717) is 0 Å². The van der Waals surface area contributed by atoms with Crippen LogP contribution in [0.5, 0.6) is 0 Å². The van der Waals surface area contributed by atoms with Crippen LogP contribution in [0.3, 0.4) is 0 Å². The molecule has 1 aromatic carbocycles. The zero-order valence-electron chi connectivity index (χ0n) is 4.78. The van der Waals surface area contributed by atoms with Crippen molar-refractivity contribution in [2.75, 3.05) is 0 Å². The van der Waals surface area contributed by atoms with E-state index in [2.05, 4.69) is 9.81 Å². The van der Waals surface area contributed by atoms with E-state index in [1.165, 1.54) is 0 Å². The summed E-state index contributed by atoms with van der Waals surface area (Å²) in [7, 11) is 1.57. The fraction of sp³-hybridized carbons (Fsp3) is 0. The van der Waals surface area contributed by atoms with E-state index in [9.17, 15) is 0 Å². The van der Waals surface area contributed by atoms with Gasteiger partial charge in [-0.05, 0) is 12.1 Å². The third-order valence-electron chi connectivity index (χ3n) is 1.28. The van der Waals surface area contributed by atoms with E-state index >= 15 is 0 Å². The number of rotatable bonds is 0. The highest BCUT2D eigenvalue weighted by Crippen LogP contribution is 1.75. The summed E-state index contributed by atoms with van der Waals surface area (Å²) in [6, 6.07) is 7.80. The van der Waals surface area contributed by atoms with Crippen molar-refractivity contribution in [3.8, 4) is 0 Å². The second-order valence-corrected chi connectivity index (χ2v) is 1.86. The van der Waals surface area contributed by atoms with Crippen LogP contribution < -0.4 is 10.7 Å². The van der Waals surface area contributed by atoms with Crippen LogP contribution in [0.15, 0.2) is 34.1 Å². The predicted octanol–water partition coefficient (Wildman–Crippen LogP) is -0.526. The van der Waals surface area contributed by atoms with Crippen LogP contribution in [0.4, 0.5) is 0 Å². The first-order valence-corrected chi connectivity index (χ1v) is 2.79. The third-order valence-corrected chi connectivity index (χ3v) is 1.28. The number of hydrogen-bond acceptors (Lipinski definition) is 2. The Morgan fingerprint density at radius 1 is 1.00 bits per heavy atom. The van der Waals surface area contributed by atoms with E-state index in [1.807, 2.05) is 24.3 Å². The highest BCUT2D eigenvalue weighted by Gasteiger charge is 1.93. The molecule has 2 rings (SSSR count). The molecule has 1 aliphatic rings. The average Bonchev–Trinajstić information content (AvgIpc) is 2.33. The summed E-state index contributed by atoms with van der Waals surface area (Å²) in [5.41, 5.74) is 0. The summed E-state index contributed by atoms with van der Waals surface area (Å²) in [4.78, 5) is 8.02. The van der Waals surface area contributed by atoms with Crippen molar-refractivity contribution in [3.63, 3.8) is 0 Å². The Labute approximate surface area is 53.2 Å². The summed E-state index contributed by atoms with van der Waals surface area (Å²) < 4.78 is 0. The lowest BCUT2D eigenvalue weighted by Crippen LogP contribution is -2.19. The Hall–Kier alpha value is -1.12. The minimum absolute atomic E-state index is 0.970. The van der Waals surface area contributed by atoms with Gasteiger partial charge in [-0.25, -0.2) is 0 Å². The number of nitrogens with zero attached hydrogens (tertiary/aromatic N) is 2. The van der Waals surface area contributed by atoms with Crippen LogP contribution in [-0.4, -0.2) is 7.55 Å². The molecule has 0 saturated heterocycles. The molecule has 1 radical (unpaired) electrons. The highest BCUT2D eigenvalue weighted by molar-refractivity contribution is 6.30. The van der Waals surface area contributed by atoms with Gasteiger partial charge in [-0.1, -0.05) is 12.1 Å². The molecular formula is C6H4BN2. The third kappa shape index (κ3) is 0.651. The standard InChI is InChI=1S/C6H4BN2/c1-2-4-6-5(3-1)8-7-9-6/h1-4H. The van der Waals surface area contributed by atoms with E-state index in [1.54, 1.807) is 7.55 Å². The van der Waals surface area contributed by atoms with Gasteiger partial charge in [0.1, 0.15) is 0 Å². The fourth-order valence-electron chi connectivity index (χ4n) is 0.836. The van der Waals surface area contributed by atoms with E-state index in [0.717, 1.165) is 10.7 Å². The molecule has 1 heterocycles. The van der Waals surface area contributed by atoms with Crippen LogP contribution >= 0.6 is 0 Å². The number of benzene rings is 1. The molecule has 1 aromatic rings. The molecule has 0 saturated carbocycles. The number of fused-ring (bicyclic) bond motifs is 1. The van der Waals surface area contributed by atoms with Crippen molar-refractivity contribution < 1.29 is 0 Å². The molecule has 0 amide bonds. The van der Waals surface area contributed by atoms with Gasteiger partial charge in [0, 0.05) is 0 Å². The van der Waals surface area contributed by atoms with Gasteiger partial charge >= 0.3 is 7.55 Å². The summed E-state index contributed by atoms with van der Waals surface area (Å²) in [6.45, 7) is 0. The minimum atomic E-state index is 0.970. The Bertz CT molecular complexity index is 298. The largest absolute Gasteiger partial charge is 0.432 e. The normalized spacial score (nSPS) is 12.9. The van der Waals surface area contributed by atoms with Crippen LogP contribution in [-0.2, 0) is 0 Å². The van der Waals surface area contributed by atoms with Crippen LogP contribution in [0.1, 0.15) is 0 Å². The Kier molecular flexibility index (Phi) is 0.888. The Morgan fingerprint density at radius 2 is 1.56 bits per heavy atom. The molecule has 0 unspecified atom stereocenters. The first-order valence-electron chi connectivity index (χ1n) is 2.79. The van der Waals surface area contributed by atoms with Gasteiger partial charge in [0.2, 0.25) is 0 Å². The van der Waals surface area contributed by atoms with Crippen LogP contribution in [0, 0.1) is 0 Å². The highest BCUT2D eigenvalue weighted by atomic mass is 14.8. The summed E-state index contributed by atoms with van der Waals surface area (Å²) >= 11 is 0. The minimum Gasteiger partial charge on any atom is -0.315 e. The van der Waals surface area contributed by atoms with Gasteiger partial charge < -0.3 is 9.81 Å². The maximum absolute atomic E-state index is 4.01. The van der Waals surface area contributed by atoms with E-state index in [-0.39, 0.29) is 0 Å².